The summed E-state index contributed by atoms with van der Waals surface area (Å²) in [4.78, 5) is 11.3. The van der Waals surface area contributed by atoms with Gasteiger partial charge in [-0.3, -0.25) is 4.79 Å². The molecule has 0 bridgehead atoms. The van der Waals surface area contributed by atoms with Crippen LogP contribution in [0, 0.1) is 5.41 Å². The molecule has 0 heterocycles. The summed E-state index contributed by atoms with van der Waals surface area (Å²) in [5.74, 6) is 0.207. The summed E-state index contributed by atoms with van der Waals surface area (Å²) in [5.41, 5.74) is 0.465. The van der Waals surface area contributed by atoms with E-state index in [-0.39, 0.29) is 5.91 Å². The van der Waals surface area contributed by atoms with E-state index < -0.39 is 0 Å². The lowest BCUT2D eigenvalue weighted by atomic mass is 10.2. The summed E-state index contributed by atoms with van der Waals surface area (Å²) >= 11 is 0. The molecule has 1 atom stereocenters. The zero-order valence-electron chi connectivity index (χ0n) is 9.10. The first-order chi connectivity index (χ1) is 6.58. The molecule has 2 aliphatic rings. The van der Waals surface area contributed by atoms with E-state index in [1.165, 1.54) is 19.3 Å². The molecule has 0 saturated heterocycles. The molecule has 2 fully saturated rings. The number of hydrogen-bond donors (Lipinski definition) is 2. The predicted molar refractivity (Wildman–Crippen MR) is 56.0 cm³/mol. The zero-order chi connectivity index (χ0) is 10.2. The molecular formula is C11H20N2O. The highest BCUT2D eigenvalue weighted by molar-refractivity contribution is 5.76. The van der Waals surface area contributed by atoms with Crippen LogP contribution in [0.5, 0.6) is 0 Å². The Balaban J connectivity index is 1.52. The van der Waals surface area contributed by atoms with Crippen LogP contribution in [0.1, 0.15) is 39.5 Å². The normalized spacial score (nSPS) is 28.6. The van der Waals surface area contributed by atoms with E-state index in [2.05, 4.69) is 24.5 Å². The molecule has 80 valence electrons. The molecule has 1 amide bonds. The third-order valence-corrected chi connectivity index (χ3v) is 3.20. The van der Waals surface area contributed by atoms with Crippen molar-refractivity contribution in [3.8, 4) is 0 Å². The molecule has 0 spiro atoms. The van der Waals surface area contributed by atoms with Gasteiger partial charge >= 0.3 is 0 Å². The first-order valence-corrected chi connectivity index (χ1v) is 5.61. The van der Waals surface area contributed by atoms with E-state index >= 15 is 0 Å². The molecule has 0 aromatic carbocycles. The van der Waals surface area contributed by atoms with Crippen molar-refractivity contribution in [3.05, 3.63) is 0 Å². The van der Waals surface area contributed by atoms with E-state index in [0.29, 0.717) is 23.9 Å². The maximum Gasteiger partial charge on any atom is 0.221 e. The molecule has 2 N–H and O–H groups in total. The zero-order valence-corrected chi connectivity index (χ0v) is 9.10. The maximum absolute atomic E-state index is 11.3. The van der Waals surface area contributed by atoms with E-state index in [1.54, 1.807) is 0 Å². The molecule has 1 unspecified atom stereocenters. The number of carbonyl (C=O) groups is 1. The molecule has 14 heavy (non-hydrogen) atoms. The van der Waals surface area contributed by atoms with Crippen LogP contribution >= 0.6 is 0 Å². The van der Waals surface area contributed by atoms with Crippen molar-refractivity contribution in [3.63, 3.8) is 0 Å². The van der Waals surface area contributed by atoms with Gasteiger partial charge in [0.2, 0.25) is 5.91 Å². The molecule has 0 aliphatic heterocycles. The Bertz CT molecular complexity index is 233. The van der Waals surface area contributed by atoms with Gasteiger partial charge in [-0.2, -0.15) is 0 Å². The van der Waals surface area contributed by atoms with Crippen molar-refractivity contribution in [1.82, 2.24) is 10.6 Å². The summed E-state index contributed by atoms with van der Waals surface area (Å²) in [6.07, 6.45) is 4.23. The smallest absolute Gasteiger partial charge is 0.221 e. The predicted octanol–water partition coefficient (Wildman–Crippen LogP) is 1.04. The number of amides is 1. The van der Waals surface area contributed by atoms with Crippen LogP contribution in [0.3, 0.4) is 0 Å². The van der Waals surface area contributed by atoms with Crippen LogP contribution < -0.4 is 10.6 Å². The van der Waals surface area contributed by atoms with Crippen LogP contribution in [0.15, 0.2) is 0 Å². The lowest BCUT2D eigenvalue weighted by Gasteiger charge is -2.06. The van der Waals surface area contributed by atoms with E-state index in [1.807, 2.05) is 0 Å². The molecule has 3 heteroatoms. The van der Waals surface area contributed by atoms with Gasteiger partial charge in [-0.1, -0.05) is 13.8 Å². The minimum atomic E-state index is 0.207. The van der Waals surface area contributed by atoms with Crippen LogP contribution in [-0.2, 0) is 4.79 Å². The third kappa shape index (κ3) is 2.71. The highest BCUT2D eigenvalue weighted by Crippen LogP contribution is 2.44. The highest BCUT2D eigenvalue weighted by Gasteiger charge is 2.44. The van der Waals surface area contributed by atoms with Gasteiger partial charge in [0.15, 0.2) is 0 Å². The number of hydrogen-bond acceptors (Lipinski definition) is 2. The minimum Gasteiger partial charge on any atom is -0.353 e. The monoisotopic (exact) mass is 196 g/mol. The Morgan fingerprint density at radius 1 is 1.43 bits per heavy atom. The van der Waals surface area contributed by atoms with Gasteiger partial charge in [0.1, 0.15) is 0 Å². The fourth-order valence-electron chi connectivity index (χ4n) is 1.70. The van der Waals surface area contributed by atoms with E-state index in [9.17, 15) is 4.79 Å². The fraction of sp³-hybridized carbons (Fsp3) is 0.909. The van der Waals surface area contributed by atoms with Crippen molar-refractivity contribution in [2.24, 2.45) is 5.41 Å². The van der Waals surface area contributed by atoms with Crippen molar-refractivity contribution < 1.29 is 4.79 Å². The summed E-state index contributed by atoms with van der Waals surface area (Å²) in [7, 11) is 0. The molecule has 0 radical (unpaired) electrons. The summed E-state index contributed by atoms with van der Waals surface area (Å²) in [5, 5.41) is 6.40. The lowest BCUT2D eigenvalue weighted by Crippen LogP contribution is -2.30. The van der Waals surface area contributed by atoms with Gasteiger partial charge in [0, 0.05) is 25.0 Å². The van der Waals surface area contributed by atoms with Gasteiger partial charge in [0.25, 0.3) is 0 Å². The van der Waals surface area contributed by atoms with Gasteiger partial charge < -0.3 is 10.6 Å². The maximum atomic E-state index is 11.3. The van der Waals surface area contributed by atoms with Crippen molar-refractivity contribution in [2.75, 3.05) is 6.54 Å². The van der Waals surface area contributed by atoms with Crippen molar-refractivity contribution >= 4 is 5.91 Å². The Hall–Kier alpha value is -0.570. The van der Waals surface area contributed by atoms with Crippen LogP contribution in [0.25, 0.3) is 0 Å². The summed E-state index contributed by atoms with van der Waals surface area (Å²) in [6.45, 7) is 5.34. The Morgan fingerprint density at radius 2 is 2.07 bits per heavy atom. The molecule has 2 saturated carbocycles. The summed E-state index contributed by atoms with van der Waals surface area (Å²) in [6, 6.07) is 1.14. The Kier molecular flexibility index (Phi) is 2.52. The minimum absolute atomic E-state index is 0.207. The highest BCUT2D eigenvalue weighted by atomic mass is 16.1. The van der Waals surface area contributed by atoms with Crippen LogP contribution in [0.4, 0.5) is 0 Å². The van der Waals surface area contributed by atoms with Crippen LogP contribution in [0.2, 0.25) is 0 Å². The average Bonchev–Trinajstić information content (AvgIpc) is 2.93. The van der Waals surface area contributed by atoms with Crippen molar-refractivity contribution in [2.45, 2.75) is 51.6 Å². The molecule has 0 aromatic rings. The lowest BCUT2D eigenvalue weighted by molar-refractivity contribution is -0.121. The van der Waals surface area contributed by atoms with E-state index in [0.717, 1.165) is 6.54 Å². The molecule has 3 nitrogen and oxygen atoms in total. The Morgan fingerprint density at radius 3 is 2.57 bits per heavy atom. The first-order valence-electron chi connectivity index (χ1n) is 5.61. The van der Waals surface area contributed by atoms with Crippen molar-refractivity contribution in [1.29, 1.82) is 0 Å². The second kappa shape index (κ2) is 3.54. The number of rotatable bonds is 5. The number of nitrogens with one attached hydrogen (secondary N) is 2. The molecular weight excluding hydrogens is 176 g/mol. The quantitative estimate of drug-likeness (QED) is 0.690. The summed E-state index contributed by atoms with van der Waals surface area (Å²) < 4.78 is 0. The fourth-order valence-corrected chi connectivity index (χ4v) is 1.70. The second-order valence-corrected chi connectivity index (χ2v) is 5.29. The SMILES string of the molecule is CC1(C)CC1NCCC(=O)NC1CC1. The second-order valence-electron chi connectivity index (χ2n) is 5.29. The van der Waals surface area contributed by atoms with E-state index in [4.69, 9.17) is 0 Å². The number of carbonyl (C=O) groups excluding carboxylic acids is 1. The largest absolute Gasteiger partial charge is 0.353 e. The van der Waals surface area contributed by atoms with Crippen LogP contribution in [-0.4, -0.2) is 24.5 Å². The topological polar surface area (TPSA) is 41.1 Å². The van der Waals surface area contributed by atoms with Gasteiger partial charge in [0.05, 0.1) is 0 Å². The Labute approximate surface area is 85.6 Å². The average molecular weight is 196 g/mol. The standard InChI is InChI=1S/C11H20N2O/c1-11(2)7-9(11)12-6-5-10(14)13-8-3-4-8/h8-9,12H,3-7H2,1-2H3,(H,13,14). The van der Waals surface area contributed by atoms with Gasteiger partial charge in [-0.15, -0.1) is 0 Å². The third-order valence-electron chi connectivity index (χ3n) is 3.20. The first kappa shape index (κ1) is 9.97. The molecule has 2 rings (SSSR count). The van der Waals surface area contributed by atoms with Gasteiger partial charge in [-0.05, 0) is 24.7 Å². The molecule has 0 aromatic heterocycles. The molecule has 2 aliphatic carbocycles. The van der Waals surface area contributed by atoms with Gasteiger partial charge in [-0.25, -0.2) is 0 Å².